The molecule has 0 radical (unpaired) electrons. The van der Waals surface area contributed by atoms with Gasteiger partial charge in [-0.3, -0.25) is 0 Å². The van der Waals surface area contributed by atoms with E-state index in [-0.39, 0.29) is 0 Å². The van der Waals surface area contributed by atoms with E-state index in [9.17, 15) is 0 Å². The summed E-state index contributed by atoms with van der Waals surface area (Å²) in [7, 11) is 0. The quantitative estimate of drug-likeness (QED) is 0.795. The molecule has 3 nitrogen and oxygen atoms in total. The van der Waals surface area contributed by atoms with E-state index in [0.717, 1.165) is 24.0 Å². The summed E-state index contributed by atoms with van der Waals surface area (Å²) in [6.07, 6.45) is 0.925. The molecule has 1 aromatic heterocycles. The summed E-state index contributed by atoms with van der Waals surface area (Å²) in [4.78, 5) is 4.37. The second-order valence-corrected chi connectivity index (χ2v) is 5.37. The minimum atomic E-state index is 0.538. The number of nitrogens with two attached hydrogens (primary N) is 1. The summed E-state index contributed by atoms with van der Waals surface area (Å²) in [5, 5.41) is 0.703. The first kappa shape index (κ1) is 13.0. The lowest BCUT2D eigenvalue weighted by atomic mass is 10.1. The molecule has 0 amide bonds. The number of nitrogen functional groups attached to an aromatic ring is 1. The van der Waals surface area contributed by atoms with Crippen LogP contribution in [0.25, 0.3) is 11.0 Å². The number of benzene rings is 2. The minimum Gasteiger partial charge on any atom is -0.369 e. The zero-order valence-electron chi connectivity index (χ0n) is 11.3. The average Bonchev–Trinajstić information content (AvgIpc) is 2.73. The van der Waals surface area contributed by atoms with Gasteiger partial charge in [0.1, 0.15) is 0 Å². The molecule has 2 aromatic carbocycles. The van der Waals surface area contributed by atoms with Gasteiger partial charge in [-0.1, -0.05) is 35.9 Å². The van der Waals surface area contributed by atoms with Crippen LogP contribution in [-0.4, -0.2) is 9.55 Å². The number of hydrogen-bond acceptors (Lipinski definition) is 2. The number of nitrogens with zero attached hydrogens (tertiary/aromatic N) is 2. The Morgan fingerprint density at radius 2 is 2.00 bits per heavy atom. The summed E-state index contributed by atoms with van der Waals surface area (Å²) in [5.74, 6) is 0.538. The third kappa shape index (κ3) is 2.37. The van der Waals surface area contributed by atoms with Crippen molar-refractivity contribution in [1.29, 1.82) is 0 Å². The molecule has 3 aromatic rings. The molecule has 102 valence electrons. The van der Waals surface area contributed by atoms with Crippen LogP contribution in [0.2, 0.25) is 5.02 Å². The number of halogens is 1. The van der Waals surface area contributed by atoms with E-state index in [1.54, 1.807) is 0 Å². The van der Waals surface area contributed by atoms with Crippen molar-refractivity contribution in [3.05, 3.63) is 58.6 Å². The van der Waals surface area contributed by atoms with Gasteiger partial charge in [0.15, 0.2) is 0 Å². The number of rotatable bonds is 3. The lowest BCUT2D eigenvalue weighted by Crippen LogP contribution is -2.06. The second kappa shape index (κ2) is 5.17. The number of aromatic nitrogens is 2. The van der Waals surface area contributed by atoms with Crippen molar-refractivity contribution in [3.8, 4) is 0 Å². The van der Waals surface area contributed by atoms with Gasteiger partial charge in [-0.15, -0.1) is 0 Å². The van der Waals surface area contributed by atoms with Crippen LogP contribution in [0.15, 0.2) is 42.5 Å². The summed E-state index contributed by atoms with van der Waals surface area (Å²) >= 11 is 6.06. The van der Waals surface area contributed by atoms with Crippen molar-refractivity contribution in [1.82, 2.24) is 9.55 Å². The monoisotopic (exact) mass is 285 g/mol. The molecular weight excluding hydrogens is 270 g/mol. The maximum Gasteiger partial charge on any atom is 0.201 e. The van der Waals surface area contributed by atoms with Gasteiger partial charge in [0.2, 0.25) is 5.95 Å². The number of hydrogen-bond donors (Lipinski definition) is 1. The standard InChI is InChI=1S/C16H16ClN3/c1-11-4-2-3-5-12(11)8-9-20-15-10-13(17)6-7-14(15)19-16(20)18/h2-7,10H,8-9H2,1H3,(H2,18,19). The summed E-state index contributed by atoms with van der Waals surface area (Å²) in [6.45, 7) is 2.93. The van der Waals surface area contributed by atoms with E-state index in [4.69, 9.17) is 17.3 Å². The fraction of sp³-hybridized carbons (Fsp3) is 0.188. The topological polar surface area (TPSA) is 43.8 Å². The third-order valence-electron chi connectivity index (χ3n) is 3.61. The Bertz CT molecular complexity index is 762. The molecule has 1 heterocycles. The van der Waals surface area contributed by atoms with Gasteiger partial charge in [-0.05, 0) is 42.7 Å². The van der Waals surface area contributed by atoms with Gasteiger partial charge in [0.05, 0.1) is 11.0 Å². The first-order valence-electron chi connectivity index (χ1n) is 6.61. The van der Waals surface area contributed by atoms with E-state index in [1.165, 1.54) is 11.1 Å². The van der Waals surface area contributed by atoms with Gasteiger partial charge in [0.25, 0.3) is 0 Å². The van der Waals surface area contributed by atoms with Crippen LogP contribution in [0.5, 0.6) is 0 Å². The molecule has 0 saturated carbocycles. The number of aryl methyl sites for hydroxylation is 3. The van der Waals surface area contributed by atoms with Crippen molar-refractivity contribution in [2.45, 2.75) is 19.9 Å². The predicted octanol–water partition coefficient (Wildman–Crippen LogP) is 3.82. The largest absolute Gasteiger partial charge is 0.369 e. The van der Waals surface area contributed by atoms with E-state index < -0.39 is 0 Å². The second-order valence-electron chi connectivity index (χ2n) is 4.93. The van der Waals surface area contributed by atoms with Crippen molar-refractivity contribution in [3.63, 3.8) is 0 Å². The molecule has 0 aliphatic heterocycles. The lowest BCUT2D eigenvalue weighted by Gasteiger charge is -2.09. The van der Waals surface area contributed by atoms with Gasteiger partial charge in [-0.25, -0.2) is 4.98 Å². The number of imidazole rings is 1. The first-order chi connectivity index (χ1) is 9.65. The Kier molecular flexibility index (Phi) is 3.36. The SMILES string of the molecule is Cc1ccccc1CCn1c(N)nc2ccc(Cl)cc21. The predicted molar refractivity (Wildman–Crippen MR) is 84.0 cm³/mol. The van der Waals surface area contributed by atoms with E-state index in [2.05, 4.69) is 36.2 Å². The fourth-order valence-electron chi connectivity index (χ4n) is 2.47. The zero-order valence-corrected chi connectivity index (χ0v) is 12.1. The highest BCUT2D eigenvalue weighted by atomic mass is 35.5. The maximum atomic E-state index is 6.06. The highest BCUT2D eigenvalue weighted by molar-refractivity contribution is 6.31. The first-order valence-corrected chi connectivity index (χ1v) is 6.99. The molecule has 20 heavy (non-hydrogen) atoms. The summed E-state index contributed by atoms with van der Waals surface area (Å²) < 4.78 is 2.02. The van der Waals surface area contributed by atoms with Crippen LogP contribution in [-0.2, 0) is 13.0 Å². The van der Waals surface area contributed by atoms with Crippen LogP contribution in [0.1, 0.15) is 11.1 Å². The highest BCUT2D eigenvalue weighted by Gasteiger charge is 2.09. The summed E-state index contributed by atoms with van der Waals surface area (Å²) in [5.41, 5.74) is 10.5. The Hall–Kier alpha value is -2.00. The molecule has 0 spiro atoms. The van der Waals surface area contributed by atoms with E-state index in [1.807, 2.05) is 22.8 Å². The molecule has 2 N–H and O–H groups in total. The van der Waals surface area contributed by atoms with Gasteiger partial charge in [0, 0.05) is 11.6 Å². The smallest absolute Gasteiger partial charge is 0.201 e. The maximum absolute atomic E-state index is 6.06. The van der Waals surface area contributed by atoms with Crippen LogP contribution >= 0.6 is 11.6 Å². The average molecular weight is 286 g/mol. The fourth-order valence-corrected chi connectivity index (χ4v) is 2.64. The Balaban J connectivity index is 1.93. The summed E-state index contributed by atoms with van der Waals surface area (Å²) in [6, 6.07) is 14.0. The Labute approximate surface area is 123 Å². The number of anilines is 1. The molecule has 0 unspecified atom stereocenters. The van der Waals surface area contributed by atoms with E-state index in [0.29, 0.717) is 11.0 Å². The van der Waals surface area contributed by atoms with Crippen LogP contribution in [0, 0.1) is 6.92 Å². The van der Waals surface area contributed by atoms with Gasteiger partial charge >= 0.3 is 0 Å². The van der Waals surface area contributed by atoms with Crippen molar-refractivity contribution in [2.24, 2.45) is 0 Å². The number of fused-ring (bicyclic) bond motifs is 1. The zero-order chi connectivity index (χ0) is 14.1. The van der Waals surface area contributed by atoms with Crippen LogP contribution < -0.4 is 5.73 Å². The molecule has 0 atom stereocenters. The molecular formula is C16H16ClN3. The Morgan fingerprint density at radius 3 is 2.80 bits per heavy atom. The Morgan fingerprint density at radius 1 is 1.20 bits per heavy atom. The van der Waals surface area contributed by atoms with Crippen molar-refractivity contribution < 1.29 is 0 Å². The normalized spacial score (nSPS) is 11.1. The lowest BCUT2D eigenvalue weighted by molar-refractivity contribution is 0.723. The molecule has 0 saturated heterocycles. The highest BCUT2D eigenvalue weighted by Crippen LogP contribution is 2.22. The van der Waals surface area contributed by atoms with Crippen LogP contribution in [0.3, 0.4) is 0 Å². The molecule has 3 rings (SSSR count). The molecule has 0 fully saturated rings. The minimum absolute atomic E-state index is 0.538. The van der Waals surface area contributed by atoms with Gasteiger partial charge < -0.3 is 10.3 Å². The van der Waals surface area contributed by atoms with Crippen molar-refractivity contribution >= 4 is 28.6 Å². The molecule has 0 aliphatic carbocycles. The van der Waals surface area contributed by atoms with Crippen molar-refractivity contribution in [2.75, 3.05) is 5.73 Å². The van der Waals surface area contributed by atoms with Gasteiger partial charge in [-0.2, -0.15) is 0 Å². The molecule has 0 aliphatic rings. The third-order valence-corrected chi connectivity index (χ3v) is 3.84. The van der Waals surface area contributed by atoms with Crippen LogP contribution in [0.4, 0.5) is 5.95 Å². The van der Waals surface area contributed by atoms with E-state index >= 15 is 0 Å². The molecule has 4 heteroatoms. The molecule has 0 bridgehead atoms.